The number of halogens is 1. The Bertz CT molecular complexity index is 1000. The topological polar surface area (TPSA) is 110 Å². The number of aliphatic hydroxyl groups excluding tert-OH is 1. The average molecular weight is 400 g/mol. The van der Waals surface area contributed by atoms with E-state index >= 15 is 0 Å². The summed E-state index contributed by atoms with van der Waals surface area (Å²) in [6.45, 7) is 0.118. The predicted molar refractivity (Wildman–Crippen MR) is 100 cm³/mol. The van der Waals surface area contributed by atoms with E-state index in [1.807, 2.05) is 0 Å². The third-order valence-corrected chi connectivity index (χ3v) is 4.63. The van der Waals surface area contributed by atoms with E-state index < -0.39 is 34.2 Å². The van der Waals surface area contributed by atoms with Gasteiger partial charge in [-0.2, -0.15) is 0 Å². The van der Waals surface area contributed by atoms with Gasteiger partial charge in [-0.3, -0.25) is 19.7 Å². The number of benzene rings is 2. The summed E-state index contributed by atoms with van der Waals surface area (Å²) in [5.41, 5.74) is -0.342. The highest BCUT2D eigenvalue weighted by atomic mass is 19.1. The summed E-state index contributed by atoms with van der Waals surface area (Å²) in [5, 5.41) is 21.6. The molecule has 2 aromatic rings. The first-order valence-corrected chi connectivity index (χ1v) is 8.63. The lowest BCUT2D eigenvalue weighted by Gasteiger charge is -2.25. The van der Waals surface area contributed by atoms with Crippen molar-refractivity contribution < 1.29 is 28.7 Å². The minimum atomic E-state index is -1.15. The number of nitro groups is 1. The van der Waals surface area contributed by atoms with Gasteiger partial charge >= 0.3 is 0 Å². The number of likely N-dealkylation sites (tertiary alicyclic amines) is 1. The van der Waals surface area contributed by atoms with Crippen molar-refractivity contribution in [1.29, 1.82) is 0 Å². The lowest BCUT2D eigenvalue weighted by molar-refractivity contribution is -0.384. The van der Waals surface area contributed by atoms with Crippen molar-refractivity contribution >= 4 is 23.1 Å². The minimum absolute atomic E-state index is 0.0110. The van der Waals surface area contributed by atoms with Gasteiger partial charge in [-0.15, -0.1) is 0 Å². The van der Waals surface area contributed by atoms with Crippen LogP contribution in [0.25, 0.3) is 5.76 Å². The number of amides is 1. The molecule has 1 amide bonds. The number of methoxy groups -OCH3 is 1. The number of Topliss-reactive ketones (excluding diaryl/α,β-unsaturated/α-hetero) is 1. The molecule has 29 heavy (non-hydrogen) atoms. The molecule has 2 aromatic carbocycles. The number of hydrogen-bond donors (Lipinski definition) is 1. The summed E-state index contributed by atoms with van der Waals surface area (Å²) in [5.74, 6) is -3.04. The van der Waals surface area contributed by atoms with Crippen LogP contribution in [0.4, 0.5) is 10.1 Å². The van der Waals surface area contributed by atoms with Crippen molar-refractivity contribution in [1.82, 2.24) is 4.90 Å². The van der Waals surface area contributed by atoms with Crippen molar-refractivity contribution in [2.45, 2.75) is 6.04 Å². The smallest absolute Gasteiger partial charge is 0.295 e. The molecular weight excluding hydrogens is 383 g/mol. The van der Waals surface area contributed by atoms with Crippen LogP contribution in [0.5, 0.6) is 0 Å². The summed E-state index contributed by atoms with van der Waals surface area (Å²) >= 11 is 0. The van der Waals surface area contributed by atoms with Gasteiger partial charge in [0.05, 0.1) is 23.1 Å². The molecule has 9 heteroatoms. The fourth-order valence-electron chi connectivity index (χ4n) is 3.22. The highest BCUT2D eigenvalue weighted by Crippen LogP contribution is 2.40. The lowest BCUT2D eigenvalue weighted by atomic mass is 9.95. The number of rotatable bonds is 6. The molecule has 1 saturated heterocycles. The first-order valence-electron chi connectivity index (χ1n) is 8.63. The quantitative estimate of drug-likeness (QED) is 0.263. The largest absolute Gasteiger partial charge is 0.507 e. The third kappa shape index (κ3) is 3.72. The Labute approximate surface area is 165 Å². The molecule has 1 N–H and O–H groups in total. The monoisotopic (exact) mass is 400 g/mol. The van der Waals surface area contributed by atoms with Crippen LogP contribution in [-0.2, 0) is 14.3 Å². The minimum Gasteiger partial charge on any atom is -0.507 e. The number of nitrogens with zero attached hydrogens (tertiary/aromatic N) is 2. The normalized spacial score (nSPS) is 18.3. The Balaban J connectivity index is 2.16. The summed E-state index contributed by atoms with van der Waals surface area (Å²) in [4.78, 5) is 36.6. The molecule has 1 atom stereocenters. The number of nitro benzene ring substituents is 1. The van der Waals surface area contributed by atoms with Crippen LogP contribution in [0.15, 0.2) is 54.1 Å². The van der Waals surface area contributed by atoms with Crippen LogP contribution in [0.2, 0.25) is 0 Å². The molecule has 0 aliphatic carbocycles. The van der Waals surface area contributed by atoms with E-state index in [0.717, 1.165) is 17.0 Å². The molecule has 0 spiro atoms. The van der Waals surface area contributed by atoms with Gasteiger partial charge in [0.15, 0.2) is 0 Å². The van der Waals surface area contributed by atoms with Gasteiger partial charge < -0.3 is 14.7 Å². The van der Waals surface area contributed by atoms with Crippen LogP contribution in [0.3, 0.4) is 0 Å². The van der Waals surface area contributed by atoms with Crippen LogP contribution in [-0.4, -0.2) is 46.9 Å². The lowest BCUT2D eigenvalue weighted by Crippen LogP contribution is -2.33. The van der Waals surface area contributed by atoms with Crippen molar-refractivity contribution in [2.75, 3.05) is 20.3 Å². The number of ketones is 1. The van der Waals surface area contributed by atoms with Gasteiger partial charge in [0.1, 0.15) is 11.6 Å². The molecule has 1 aliphatic rings. The highest BCUT2D eigenvalue weighted by Gasteiger charge is 2.46. The van der Waals surface area contributed by atoms with Crippen LogP contribution < -0.4 is 0 Å². The van der Waals surface area contributed by atoms with Gasteiger partial charge in [0, 0.05) is 36.9 Å². The molecule has 1 aliphatic heterocycles. The zero-order valence-electron chi connectivity index (χ0n) is 15.4. The maximum Gasteiger partial charge on any atom is 0.295 e. The summed E-state index contributed by atoms with van der Waals surface area (Å²) < 4.78 is 19.5. The maximum atomic E-state index is 14.5. The van der Waals surface area contributed by atoms with Crippen LogP contribution >= 0.6 is 0 Å². The standard InChI is InChI=1S/C20H17FN2O6/c1-29-11-10-22-17(14-4-2-3-5-15(14)21)16(19(25)20(22)26)18(24)12-6-8-13(9-7-12)23(27)28/h2-9,17,24H,10-11H2,1H3/b18-16+. The molecule has 0 aromatic heterocycles. The van der Waals surface area contributed by atoms with E-state index in [4.69, 9.17) is 4.74 Å². The maximum absolute atomic E-state index is 14.5. The Morgan fingerprint density at radius 2 is 1.86 bits per heavy atom. The van der Waals surface area contributed by atoms with Crippen molar-refractivity contribution in [3.63, 3.8) is 0 Å². The molecule has 0 bridgehead atoms. The summed E-state index contributed by atoms with van der Waals surface area (Å²) in [6, 6.07) is 9.33. The highest BCUT2D eigenvalue weighted by molar-refractivity contribution is 6.46. The van der Waals surface area contributed by atoms with Gasteiger partial charge in [-0.25, -0.2) is 4.39 Å². The number of non-ortho nitro benzene ring substituents is 1. The number of hydrogen-bond acceptors (Lipinski definition) is 6. The number of carbonyl (C=O) groups is 2. The molecule has 8 nitrogen and oxygen atoms in total. The summed E-state index contributed by atoms with van der Waals surface area (Å²) in [7, 11) is 1.42. The Morgan fingerprint density at radius 3 is 2.45 bits per heavy atom. The fraction of sp³-hybridized carbons (Fsp3) is 0.200. The molecule has 0 saturated carbocycles. The first-order chi connectivity index (χ1) is 13.9. The Morgan fingerprint density at radius 1 is 1.21 bits per heavy atom. The molecule has 1 fully saturated rings. The molecular formula is C20H17FN2O6. The average Bonchev–Trinajstić information content (AvgIpc) is 2.96. The third-order valence-electron chi connectivity index (χ3n) is 4.63. The van der Waals surface area contributed by atoms with Gasteiger partial charge in [0.25, 0.3) is 17.4 Å². The van der Waals surface area contributed by atoms with Crippen molar-refractivity contribution in [2.24, 2.45) is 0 Å². The van der Waals surface area contributed by atoms with E-state index in [-0.39, 0.29) is 35.5 Å². The second-order valence-corrected chi connectivity index (χ2v) is 6.31. The summed E-state index contributed by atoms with van der Waals surface area (Å²) in [6.07, 6.45) is 0. The van der Waals surface area contributed by atoms with Crippen LogP contribution in [0.1, 0.15) is 17.2 Å². The van der Waals surface area contributed by atoms with E-state index in [1.54, 1.807) is 6.07 Å². The first kappa shape index (κ1) is 20.2. The zero-order chi connectivity index (χ0) is 21.1. The molecule has 3 rings (SSSR count). The van der Waals surface area contributed by atoms with Crippen molar-refractivity contribution in [3.8, 4) is 0 Å². The second kappa shape index (κ2) is 8.19. The Hall–Kier alpha value is -3.59. The van der Waals surface area contributed by atoms with E-state index in [2.05, 4.69) is 0 Å². The SMILES string of the molecule is COCCN1C(=O)C(=O)/C(=C(/O)c2ccc([N+](=O)[O-])cc2)C1c1ccccc1F. The van der Waals surface area contributed by atoms with E-state index in [9.17, 15) is 29.2 Å². The molecule has 1 heterocycles. The number of ether oxygens (including phenoxy) is 1. The predicted octanol–water partition coefficient (Wildman–Crippen LogP) is 2.80. The Kier molecular flexibility index (Phi) is 5.69. The molecule has 0 radical (unpaired) electrons. The van der Waals surface area contributed by atoms with Gasteiger partial charge in [-0.05, 0) is 18.2 Å². The fourth-order valence-corrected chi connectivity index (χ4v) is 3.22. The van der Waals surface area contributed by atoms with Crippen LogP contribution in [0, 0.1) is 15.9 Å². The van der Waals surface area contributed by atoms with Gasteiger partial charge in [-0.1, -0.05) is 18.2 Å². The van der Waals surface area contributed by atoms with Gasteiger partial charge in [0.2, 0.25) is 0 Å². The molecule has 1 unspecified atom stereocenters. The molecule has 150 valence electrons. The second-order valence-electron chi connectivity index (χ2n) is 6.31. The van der Waals surface area contributed by atoms with Crippen molar-refractivity contribution in [3.05, 3.63) is 81.2 Å². The van der Waals surface area contributed by atoms with E-state index in [0.29, 0.717) is 0 Å². The number of aliphatic hydroxyl groups is 1. The van der Waals surface area contributed by atoms with E-state index in [1.165, 1.54) is 37.4 Å². The number of carbonyl (C=O) groups excluding carboxylic acids is 2. The zero-order valence-corrected chi connectivity index (χ0v) is 15.4.